The molecule has 0 radical (unpaired) electrons. The monoisotopic (exact) mass is 396 g/mol. The van der Waals surface area contributed by atoms with Gasteiger partial charge in [-0.1, -0.05) is 0 Å². The standard InChI is InChI=1S/C20H20N4O5/c25-18(21-14-3-6-16-17(11-14)23-20(27)22-16)12-29-15-4-1-13(2-5-15)19(26)24-7-9-28-10-8-24/h1-6,11H,7-10,12H2,(H,21,25)(H2,22,23,27). The molecule has 0 bridgehead atoms. The number of hydrogen-bond donors (Lipinski definition) is 3. The number of fused-ring (bicyclic) bond motifs is 1. The molecule has 2 amide bonds. The van der Waals surface area contributed by atoms with Crippen molar-refractivity contribution in [3.8, 4) is 5.75 Å². The lowest BCUT2D eigenvalue weighted by Crippen LogP contribution is -2.40. The van der Waals surface area contributed by atoms with Crippen molar-refractivity contribution in [3.05, 3.63) is 58.5 Å². The zero-order chi connectivity index (χ0) is 20.2. The molecule has 1 aliphatic heterocycles. The Balaban J connectivity index is 1.31. The van der Waals surface area contributed by atoms with Crippen molar-refractivity contribution in [2.75, 3.05) is 38.2 Å². The van der Waals surface area contributed by atoms with Gasteiger partial charge in [0.25, 0.3) is 11.8 Å². The summed E-state index contributed by atoms with van der Waals surface area (Å²) in [5.41, 5.74) is 2.08. The third-order valence-electron chi connectivity index (χ3n) is 4.57. The van der Waals surface area contributed by atoms with E-state index in [2.05, 4.69) is 15.3 Å². The number of anilines is 1. The first-order valence-electron chi connectivity index (χ1n) is 9.20. The van der Waals surface area contributed by atoms with E-state index in [4.69, 9.17) is 9.47 Å². The highest BCUT2D eigenvalue weighted by atomic mass is 16.5. The number of nitrogens with one attached hydrogen (secondary N) is 3. The van der Waals surface area contributed by atoms with E-state index in [1.165, 1.54) is 0 Å². The average molecular weight is 396 g/mol. The smallest absolute Gasteiger partial charge is 0.323 e. The van der Waals surface area contributed by atoms with E-state index in [0.29, 0.717) is 54.3 Å². The first-order chi connectivity index (χ1) is 14.1. The van der Waals surface area contributed by atoms with Gasteiger partial charge in [-0.05, 0) is 42.5 Å². The largest absolute Gasteiger partial charge is 0.484 e. The molecular weight excluding hydrogens is 376 g/mol. The molecule has 150 valence electrons. The van der Waals surface area contributed by atoms with Crippen molar-refractivity contribution in [1.82, 2.24) is 14.9 Å². The number of rotatable bonds is 5. The summed E-state index contributed by atoms with van der Waals surface area (Å²) >= 11 is 0. The zero-order valence-electron chi connectivity index (χ0n) is 15.6. The van der Waals surface area contributed by atoms with Gasteiger partial charge < -0.3 is 29.7 Å². The van der Waals surface area contributed by atoms with Crippen molar-refractivity contribution in [2.24, 2.45) is 0 Å². The van der Waals surface area contributed by atoms with Crippen LogP contribution in [0.2, 0.25) is 0 Å². The van der Waals surface area contributed by atoms with E-state index in [9.17, 15) is 14.4 Å². The molecule has 0 unspecified atom stereocenters. The first-order valence-corrected chi connectivity index (χ1v) is 9.20. The van der Waals surface area contributed by atoms with Crippen LogP contribution in [0.4, 0.5) is 5.69 Å². The molecule has 0 spiro atoms. The Morgan fingerprint density at radius 3 is 2.52 bits per heavy atom. The molecule has 1 aliphatic rings. The lowest BCUT2D eigenvalue weighted by molar-refractivity contribution is -0.118. The van der Waals surface area contributed by atoms with Gasteiger partial charge in [-0.3, -0.25) is 9.59 Å². The molecule has 3 aromatic rings. The topological polar surface area (TPSA) is 117 Å². The highest BCUT2D eigenvalue weighted by molar-refractivity contribution is 5.95. The van der Waals surface area contributed by atoms with E-state index < -0.39 is 0 Å². The molecule has 2 heterocycles. The Kier molecular flexibility index (Phi) is 5.30. The second-order valence-corrected chi connectivity index (χ2v) is 6.61. The number of H-pyrrole nitrogens is 2. The number of morpholine rings is 1. The summed E-state index contributed by atoms with van der Waals surface area (Å²) < 4.78 is 10.7. The first kappa shape index (κ1) is 18.8. The van der Waals surface area contributed by atoms with Crippen LogP contribution in [0, 0.1) is 0 Å². The quantitative estimate of drug-likeness (QED) is 0.602. The van der Waals surface area contributed by atoms with Crippen LogP contribution in [0.15, 0.2) is 47.3 Å². The van der Waals surface area contributed by atoms with Crippen molar-refractivity contribution in [1.29, 1.82) is 0 Å². The number of aromatic nitrogens is 2. The van der Waals surface area contributed by atoms with Crippen LogP contribution in [0.5, 0.6) is 5.75 Å². The summed E-state index contributed by atoms with van der Waals surface area (Å²) in [5, 5.41) is 2.71. The maximum atomic E-state index is 12.4. The number of benzene rings is 2. The number of amides is 2. The summed E-state index contributed by atoms with van der Waals surface area (Å²) in [4.78, 5) is 42.9. The van der Waals surface area contributed by atoms with Gasteiger partial charge >= 0.3 is 5.69 Å². The van der Waals surface area contributed by atoms with E-state index in [0.717, 1.165) is 0 Å². The van der Waals surface area contributed by atoms with E-state index in [-0.39, 0.29) is 24.1 Å². The number of carbonyl (C=O) groups is 2. The molecule has 3 N–H and O–H groups in total. The van der Waals surface area contributed by atoms with Crippen LogP contribution >= 0.6 is 0 Å². The fraction of sp³-hybridized carbons (Fsp3) is 0.250. The maximum absolute atomic E-state index is 12.4. The van der Waals surface area contributed by atoms with Crippen molar-refractivity contribution < 1.29 is 19.1 Å². The lowest BCUT2D eigenvalue weighted by Gasteiger charge is -2.26. The molecule has 0 aliphatic carbocycles. The van der Waals surface area contributed by atoms with E-state index in [1.807, 2.05) is 0 Å². The van der Waals surface area contributed by atoms with Crippen LogP contribution in [-0.4, -0.2) is 59.6 Å². The van der Waals surface area contributed by atoms with Gasteiger partial charge in [-0.2, -0.15) is 0 Å². The van der Waals surface area contributed by atoms with Gasteiger partial charge in [0, 0.05) is 24.3 Å². The highest BCUT2D eigenvalue weighted by Gasteiger charge is 2.18. The van der Waals surface area contributed by atoms with Crippen molar-refractivity contribution in [3.63, 3.8) is 0 Å². The van der Waals surface area contributed by atoms with E-state index in [1.54, 1.807) is 47.4 Å². The number of nitrogens with zero attached hydrogens (tertiary/aromatic N) is 1. The van der Waals surface area contributed by atoms with Gasteiger partial charge in [-0.25, -0.2) is 4.79 Å². The molecule has 1 fully saturated rings. The lowest BCUT2D eigenvalue weighted by atomic mass is 10.2. The minimum Gasteiger partial charge on any atom is -0.484 e. The Morgan fingerprint density at radius 2 is 1.76 bits per heavy atom. The van der Waals surface area contributed by atoms with Gasteiger partial charge in [0.15, 0.2) is 6.61 Å². The summed E-state index contributed by atoms with van der Waals surface area (Å²) in [6, 6.07) is 11.7. The molecule has 9 nitrogen and oxygen atoms in total. The van der Waals surface area contributed by atoms with Crippen LogP contribution < -0.4 is 15.7 Å². The molecule has 29 heavy (non-hydrogen) atoms. The minimum atomic E-state index is -0.337. The third kappa shape index (κ3) is 4.46. The molecule has 2 aromatic carbocycles. The molecule has 9 heteroatoms. The second-order valence-electron chi connectivity index (χ2n) is 6.61. The average Bonchev–Trinajstić information content (AvgIpc) is 3.12. The van der Waals surface area contributed by atoms with Gasteiger partial charge in [0.2, 0.25) is 0 Å². The van der Waals surface area contributed by atoms with Gasteiger partial charge in [0.1, 0.15) is 5.75 Å². The van der Waals surface area contributed by atoms with Crippen LogP contribution in [0.1, 0.15) is 10.4 Å². The SMILES string of the molecule is O=C(COc1ccc(C(=O)N2CCOCC2)cc1)Nc1ccc2[nH]c(=O)[nH]c2c1. The third-order valence-corrected chi connectivity index (χ3v) is 4.57. The number of aromatic amines is 2. The summed E-state index contributed by atoms with van der Waals surface area (Å²) in [7, 11) is 0. The number of imidazole rings is 1. The fourth-order valence-corrected chi connectivity index (χ4v) is 3.10. The van der Waals surface area contributed by atoms with Crippen LogP contribution in [-0.2, 0) is 9.53 Å². The number of carbonyl (C=O) groups excluding carboxylic acids is 2. The Labute approximate surface area is 165 Å². The Morgan fingerprint density at radius 1 is 1.03 bits per heavy atom. The predicted molar refractivity (Wildman–Crippen MR) is 106 cm³/mol. The van der Waals surface area contributed by atoms with Crippen LogP contribution in [0.25, 0.3) is 11.0 Å². The molecule has 4 rings (SSSR count). The van der Waals surface area contributed by atoms with Crippen LogP contribution in [0.3, 0.4) is 0 Å². The molecule has 1 aromatic heterocycles. The normalized spacial score (nSPS) is 14.0. The highest BCUT2D eigenvalue weighted by Crippen LogP contribution is 2.16. The Bertz CT molecular complexity index is 1080. The maximum Gasteiger partial charge on any atom is 0.323 e. The minimum absolute atomic E-state index is 0.0456. The van der Waals surface area contributed by atoms with Crippen molar-refractivity contribution >= 4 is 28.5 Å². The van der Waals surface area contributed by atoms with E-state index >= 15 is 0 Å². The van der Waals surface area contributed by atoms with Gasteiger partial charge in [0.05, 0.1) is 24.2 Å². The molecule has 0 saturated carbocycles. The summed E-state index contributed by atoms with van der Waals surface area (Å²) in [6.45, 7) is 2.09. The molecule has 1 saturated heterocycles. The Hall–Kier alpha value is -3.59. The van der Waals surface area contributed by atoms with Crippen molar-refractivity contribution in [2.45, 2.75) is 0 Å². The summed E-state index contributed by atoms with van der Waals surface area (Å²) in [6.07, 6.45) is 0. The zero-order valence-corrected chi connectivity index (χ0v) is 15.6. The number of ether oxygens (including phenoxy) is 2. The summed E-state index contributed by atoms with van der Waals surface area (Å²) in [5.74, 6) is 0.107. The fourth-order valence-electron chi connectivity index (χ4n) is 3.10. The molecule has 0 atom stereocenters. The number of hydrogen-bond acceptors (Lipinski definition) is 5. The predicted octanol–water partition coefficient (Wildman–Crippen LogP) is 1.35. The second kappa shape index (κ2) is 8.19. The molecular formula is C20H20N4O5. The van der Waals surface area contributed by atoms with Gasteiger partial charge in [-0.15, -0.1) is 0 Å².